The Morgan fingerprint density at radius 2 is 1.91 bits per heavy atom. The molecular formula is C10H17N. The Labute approximate surface area is 68.3 Å². The van der Waals surface area contributed by atoms with Gasteiger partial charge in [0.2, 0.25) is 0 Å². The lowest BCUT2D eigenvalue weighted by Gasteiger charge is -2.40. The third kappa shape index (κ3) is 0.462. The van der Waals surface area contributed by atoms with Gasteiger partial charge in [0.1, 0.15) is 0 Å². The largest absolute Gasteiger partial charge is 0.330 e. The molecule has 0 heterocycles. The van der Waals surface area contributed by atoms with Gasteiger partial charge in [0, 0.05) is 0 Å². The molecule has 0 aromatic heterocycles. The van der Waals surface area contributed by atoms with Crippen LogP contribution in [0.4, 0.5) is 0 Å². The Morgan fingerprint density at radius 1 is 1.27 bits per heavy atom. The van der Waals surface area contributed by atoms with Crippen molar-refractivity contribution < 1.29 is 0 Å². The molecule has 0 aromatic rings. The molecule has 0 saturated heterocycles. The van der Waals surface area contributed by atoms with Gasteiger partial charge >= 0.3 is 0 Å². The van der Waals surface area contributed by atoms with Crippen LogP contribution < -0.4 is 5.73 Å². The fourth-order valence-electron chi connectivity index (χ4n) is 4.06. The van der Waals surface area contributed by atoms with Crippen molar-refractivity contribution in [1.82, 2.24) is 0 Å². The molecule has 3 aliphatic carbocycles. The molecule has 3 fully saturated rings. The van der Waals surface area contributed by atoms with E-state index in [1.165, 1.54) is 25.7 Å². The first-order valence-electron chi connectivity index (χ1n) is 4.97. The van der Waals surface area contributed by atoms with Crippen molar-refractivity contribution in [2.24, 2.45) is 28.4 Å². The van der Waals surface area contributed by atoms with Gasteiger partial charge in [0.15, 0.2) is 0 Å². The maximum Gasteiger partial charge on any atom is -0.00405 e. The van der Waals surface area contributed by atoms with E-state index in [0.717, 1.165) is 29.2 Å². The van der Waals surface area contributed by atoms with Crippen molar-refractivity contribution in [2.45, 2.75) is 32.6 Å². The number of fused-ring (bicyclic) bond motifs is 1. The van der Waals surface area contributed by atoms with Gasteiger partial charge in [-0.1, -0.05) is 6.92 Å². The quantitative estimate of drug-likeness (QED) is 0.607. The second-order valence-corrected chi connectivity index (χ2v) is 4.95. The number of hydrogen-bond acceptors (Lipinski definition) is 1. The van der Waals surface area contributed by atoms with Crippen molar-refractivity contribution in [2.75, 3.05) is 6.54 Å². The average Bonchev–Trinajstić information content (AvgIpc) is 2.77. The van der Waals surface area contributed by atoms with E-state index in [1.54, 1.807) is 0 Å². The lowest BCUT2D eigenvalue weighted by Crippen LogP contribution is -2.33. The summed E-state index contributed by atoms with van der Waals surface area (Å²) in [6.45, 7) is 3.36. The maximum atomic E-state index is 5.76. The molecule has 0 radical (unpaired) electrons. The zero-order valence-electron chi connectivity index (χ0n) is 7.27. The van der Waals surface area contributed by atoms with E-state index in [9.17, 15) is 0 Å². The third-order valence-corrected chi connectivity index (χ3v) is 5.08. The fourth-order valence-corrected chi connectivity index (χ4v) is 4.06. The van der Waals surface area contributed by atoms with E-state index >= 15 is 0 Å². The molecule has 2 spiro atoms. The normalized spacial score (nSPS) is 56.2. The lowest BCUT2D eigenvalue weighted by molar-refractivity contribution is 0.0899. The molecule has 2 N–H and O–H groups in total. The fraction of sp³-hybridized carbons (Fsp3) is 1.00. The van der Waals surface area contributed by atoms with Gasteiger partial charge in [-0.3, -0.25) is 0 Å². The molecule has 3 aliphatic rings. The van der Waals surface area contributed by atoms with Gasteiger partial charge < -0.3 is 5.73 Å². The minimum atomic E-state index is 0.780. The van der Waals surface area contributed by atoms with Crippen LogP contribution >= 0.6 is 0 Å². The van der Waals surface area contributed by atoms with E-state index in [2.05, 4.69) is 6.92 Å². The third-order valence-electron chi connectivity index (χ3n) is 5.08. The summed E-state index contributed by atoms with van der Waals surface area (Å²) in [4.78, 5) is 0. The average molecular weight is 151 g/mol. The summed E-state index contributed by atoms with van der Waals surface area (Å²) >= 11 is 0. The smallest absolute Gasteiger partial charge is 0.00405 e. The van der Waals surface area contributed by atoms with Crippen molar-refractivity contribution in [3.63, 3.8) is 0 Å². The molecule has 3 atom stereocenters. The van der Waals surface area contributed by atoms with Crippen molar-refractivity contribution >= 4 is 0 Å². The van der Waals surface area contributed by atoms with E-state index in [0.29, 0.717) is 0 Å². The molecular weight excluding hydrogens is 134 g/mol. The highest BCUT2D eigenvalue weighted by Crippen LogP contribution is 2.85. The first-order valence-corrected chi connectivity index (χ1v) is 4.97. The predicted octanol–water partition coefficient (Wildman–Crippen LogP) is 1.77. The molecule has 0 aromatic carbocycles. The molecule has 3 saturated carbocycles. The first kappa shape index (κ1) is 6.47. The number of nitrogens with two attached hydrogens (primary N) is 1. The summed E-state index contributed by atoms with van der Waals surface area (Å²) in [6.07, 6.45) is 6.06. The van der Waals surface area contributed by atoms with Gasteiger partial charge in [-0.05, 0) is 54.9 Å². The van der Waals surface area contributed by atoms with Gasteiger partial charge in [0.25, 0.3) is 0 Å². The van der Waals surface area contributed by atoms with E-state index < -0.39 is 0 Å². The van der Waals surface area contributed by atoms with Crippen LogP contribution in [-0.2, 0) is 0 Å². The minimum Gasteiger partial charge on any atom is -0.330 e. The summed E-state index contributed by atoms with van der Waals surface area (Å²) in [5.41, 5.74) is 7.38. The molecule has 0 amide bonds. The minimum absolute atomic E-state index is 0.780. The van der Waals surface area contributed by atoms with Crippen LogP contribution in [0, 0.1) is 22.7 Å². The van der Waals surface area contributed by atoms with E-state index in [4.69, 9.17) is 5.73 Å². The van der Waals surface area contributed by atoms with E-state index in [1.807, 2.05) is 0 Å². The lowest BCUT2D eigenvalue weighted by atomic mass is 9.64. The first-order chi connectivity index (χ1) is 5.27. The molecule has 3 unspecified atom stereocenters. The number of rotatable bonds is 1. The molecule has 1 nitrogen and oxygen atoms in total. The second kappa shape index (κ2) is 1.52. The molecule has 11 heavy (non-hydrogen) atoms. The zero-order valence-corrected chi connectivity index (χ0v) is 7.27. The molecule has 0 bridgehead atoms. The van der Waals surface area contributed by atoms with Crippen LogP contribution in [0.15, 0.2) is 0 Å². The summed E-state index contributed by atoms with van der Waals surface area (Å²) in [7, 11) is 0. The molecule has 0 aliphatic heterocycles. The topological polar surface area (TPSA) is 26.0 Å². The Balaban J connectivity index is 1.88. The Bertz CT molecular complexity index is 207. The van der Waals surface area contributed by atoms with Gasteiger partial charge in [-0.2, -0.15) is 0 Å². The highest BCUT2D eigenvalue weighted by Gasteiger charge is 2.79. The van der Waals surface area contributed by atoms with Crippen LogP contribution in [0.5, 0.6) is 0 Å². The monoisotopic (exact) mass is 151 g/mol. The highest BCUT2D eigenvalue weighted by molar-refractivity contribution is 5.28. The Morgan fingerprint density at radius 3 is 2.18 bits per heavy atom. The van der Waals surface area contributed by atoms with E-state index in [-0.39, 0.29) is 0 Å². The standard InChI is InChI=1S/C10H17N/c1-7-8(6-11)10(7)5-4-9(10)2-3-9/h7-8H,2-6,11H2,1H3. The predicted molar refractivity (Wildman–Crippen MR) is 45.0 cm³/mol. The zero-order chi connectivity index (χ0) is 7.69. The van der Waals surface area contributed by atoms with Gasteiger partial charge in [-0.25, -0.2) is 0 Å². The van der Waals surface area contributed by atoms with Gasteiger partial charge in [0.05, 0.1) is 0 Å². The maximum absolute atomic E-state index is 5.76. The Hall–Kier alpha value is -0.0400. The van der Waals surface area contributed by atoms with Crippen molar-refractivity contribution in [3.05, 3.63) is 0 Å². The molecule has 3 rings (SSSR count). The summed E-state index contributed by atoms with van der Waals surface area (Å²) in [5.74, 6) is 1.86. The highest BCUT2D eigenvalue weighted by atomic mass is 14.9. The van der Waals surface area contributed by atoms with Crippen LogP contribution in [0.25, 0.3) is 0 Å². The van der Waals surface area contributed by atoms with Crippen LogP contribution in [0.3, 0.4) is 0 Å². The molecule has 62 valence electrons. The summed E-state index contributed by atoms with van der Waals surface area (Å²) in [5, 5.41) is 0. The second-order valence-electron chi connectivity index (χ2n) is 4.95. The van der Waals surface area contributed by atoms with Crippen LogP contribution in [0.1, 0.15) is 32.6 Å². The summed E-state index contributed by atoms with van der Waals surface area (Å²) < 4.78 is 0. The van der Waals surface area contributed by atoms with Crippen molar-refractivity contribution in [1.29, 1.82) is 0 Å². The number of hydrogen-bond donors (Lipinski definition) is 1. The summed E-state index contributed by atoms with van der Waals surface area (Å²) in [6, 6.07) is 0. The van der Waals surface area contributed by atoms with Crippen LogP contribution in [-0.4, -0.2) is 6.54 Å². The molecule has 1 heteroatoms. The van der Waals surface area contributed by atoms with Gasteiger partial charge in [-0.15, -0.1) is 0 Å². The van der Waals surface area contributed by atoms with Crippen molar-refractivity contribution in [3.8, 4) is 0 Å². The van der Waals surface area contributed by atoms with Crippen LogP contribution in [0.2, 0.25) is 0 Å². The SMILES string of the molecule is CC1C(CN)C12CCC21CC1. The Kier molecular flexibility index (Phi) is 0.893.